The molecule has 7 nitrogen and oxygen atoms in total. The largest absolute Gasteiger partial charge is 0.481 e. The summed E-state index contributed by atoms with van der Waals surface area (Å²) in [5.74, 6) is -1.30. The standard InChI is InChI=1S/C11H18N2O5S/c14-8-1-3-13(10(16)5-8)4-2-12-9(15)6-19-7-11(17)18/h8,14H,1-7H2,(H,12,15)(H,17,18). The third kappa shape index (κ3) is 6.44. The second kappa shape index (κ2) is 8.00. The van der Waals surface area contributed by atoms with Crippen LogP contribution in [0.25, 0.3) is 0 Å². The zero-order chi connectivity index (χ0) is 14.3. The van der Waals surface area contributed by atoms with E-state index in [0.717, 1.165) is 11.8 Å². The molecule has 1 rings (SSSR count). The molecule has 0 bridgehead atoms. The van der Waals surface area contributed by atoms with Gasteiger partial charge in [0.15, 0.2) is 0 Å². The fourth-order valence-corrected chi connectivity index (χ4v) is 2.28. The summed E-state index contributed by atoms with van der Waals surface area (Å²) in [5.41, 5.74) is 0. The molecular formula is C11H18N2O5S. The number of carbonyl (C=O) groups is 3. The average Bonchev–Trinajstić information content (AvgIpc) is 2.31. The Morgan fingerprint density at radius 1 is 1.42 bits per heavy atom. The molecule has 0 saturated carbocycles. The van der Waals surface area contributed by atoms with Crippen molar-refractivity contribution in [3.63, 3.8) is 0 Å². The first-order chi connectivity index (χ1) is 8.99. The molecule has 2 amide bonds. The zero-order valence-corrected chi connectivity index (χ0v) is 11.3. The van der Waals surface area contributed by atoms with Gasteiger partial charge < -0.3 is 20.4 Å². The van der Waals surface area contributed by atoms with Gasteiger partial charge in [-0.3, -0.25) is 14.4 Å². The summed E-state index contributed by atoms with van der Waals surface area (Å²) in [6.45, 7) is 1.26. The van der Waals surface area contributed by atoms with Crippen LogP contribution >= 0.6 is 11.8 Å². The van der Waals surface area contributed by atoms with E-state index in [2.05, 4.69) is 5.32 Å². The van der Waals surface area contributed by atoms with Crippen molar-refractivity contribution in [3.8, 4) is 0 Å². The number of amides is 2. The molecule has 0 spiro atoms. The molecule has 108 valence electrons. The SMILES string of the molecule is O=C(O)CSCC(=O)NCCN1CCC(O)CC1=O. The van der Waals surface area contributed by atoms with Crippen LogP contribution in [0.3, 0.4) is 0 Å². The van der Waals surface area contributed by atoms with E-state index in [1.54, 1.807) is 4.90 Å². The van der Waals surface area contributed by atoms with Gasteiger partial charge in [-0.25, -0.2) is 0 Å². The van der Waals surface area contributed by atoms with Gasteiger partial charge in [-0.2, -0.15) is 0 Å². The average molecular weight is 290 g/mol. The fourth-order valence-electron chi connectivity index (χ4n) is 1.71. The highest BCUT2D eigenvalue weighted by atomic mass is 32.2. The lowest BCUT2D eigenvalue weighted by atomic mass is 10.1. The zero-order valence-electron chi connectivity index (χ0n) is 10.5. The normalized spacial score (nSPS) is 19.3. The highest BCUT2D eigenvalue weighted by molar-refractivity contribution is 8.00. The lowest BCUT2D eigenvalue weighted by molar-refractivity contribution is -0.137. The monoisotopic (exact) mass is 290 g/mol. The topological polar surface area (TPSA) is 107 Å². The number of rotatable bonds is 7. The molecule has 1 atom stereocenters. The molecular weight excluding hydrogens is 272 g/mol. The maximum absolute atomic E-state index is 11.5. The highest BCUT2D eigenvalue weighted by Gasteiger charge is 2.23. The number of aliphatic hydroxyl groups excluding tert-OH is 1. The number of thioether (sulfide) groups is 1. The van der Waals surface area contributed by atoms with Crippen LogP contribution in [0.1, 0.15) is 12.8 Å². The highest BCUT2D eigenvalue weighted by Crippen LogP contribution is 2.10. The van der Waals surface area contributed by atoms with E-state index in [1.807, 2.05) is 0 Å². The first-order valence-electron chi connectivity index (χ1n) is 6.01. The van der Waals surface area contributed by atoms with E-state index < -0.39 is 12.1 Å². The lowest BCUT2D eigenvalue weighted by Gasteiger charge is -2.29. The first kappa shape index (κ1) is 15.8. The Hall–Kier alpha value is -1.28. The molecule has 0 aromatic rings. The summed E-state index contributed by atoms with van der Waals surface area (Å²) in [6, 6.07) is 0. The Morgan fingerprint density at radius 3 is 2.79 bits per heavy atom. The molecule has 1 saturated heterocycles. The number of piperidine rings is 1. The molecule has 1 heterocycles. The summed E-state index contributed by atoms with van der Waals surface area (Å²) in [6.07, 6.45) is 0.155. The summed E-state index contributed by atoms with van der Waals surface area (Å²) in [5, 5.41) is 20.3. The molecule has 0 radical (unpaired) electrons. The Morgan fingerprint density at radius 2 is 2.16 bits per heavy atom. The Labute approximate surface area is 115 Å². The quantitative estimate of drug-likeness (QED) is 0.550. The van der Waals surface area contributed by atoms with Crippen LogP contribution in [0.2, 0.25) is 0 Å². The molecule has 19 heavy (non-hydrogen) atoms. The number of likely N-dealkylation sites (tertiary alicyclic amines) is 1. The van der Waals surface area contributed by atoms with Crippen molar-refractivity contribution in [3.05, 3.63) is 0 Å². The smallest absolute Gasteiger partial charge is 0.313 e. The minimum atomic E-state index is -0.949. The maximum Gasteiger partial charge on any atom is 0.313 e. The second-order valence-corrected chi connectivity index (χ2v) is 5.25. The first-order valence-corrected chi connectivity index (χ1v) is 7.16. The van der Waals surface area contributed by atoms with Gasteiger partial charge in [-0.05, 0) is 6.42 Å². The second-order valence-electron chi connectivity index (χ2n) is 4.26. The van der Waals surface area contributed by atoms with E-state index >= 15 is 0 Å². The van der Waals surface area contributed by atoms with Gasteiger partial charge in [0.05, 0.1) is 24.0 Å². The lowest BCUT2D eigenvalue weighted by Crippen LogP contribution is -2.44. The molecule has 8 heteroatoms. The molecule has 1 fully saturated rings. The third-order valence-electron chi connectivity index (χ3n) is 2.66. The minimum Gasteiger partial charge on any atom is -0.481 e. The molecule has 0 aliphatic carbocycles. The van der Waals surface area contributed by atoms with E-state index in [4.69, 9.17) is 5.11 Å². The number of carboxylic acid groups (broad SMARTS) is 1. The Kier molecular flexibility index (Phi) is 6.65. The molecule has 3 N–H and O–H groups in total. The molecule has 1 aliphatic heterocycles. The number of nitrogens with zero attached hydrogens (tertiary/aromatic N) is 1. The van der Waals surface area contributed by atoms with Crippen molar-refractivity contribution in [2.24, 2.45) is 0 Å². The van der Waals surface area contributed by atoms with Crippen LogP contribution in [0, 0.1) is 0 Å². The van der Waals surface area contributed by atoms with Crippen LogP contribution in [0.15, 0.2) is 0 Å². The van der Waals surface area contributed by atoms with Crippen molar-refractivity contribution in [2.45, 2.75) is 18.9 Å². The van der Waals surface area contributed by atoms with E-state index in [9.17, 15) is 19.5 Å². The number of carboxylic acids is 1. The Bertz CT molecular complexity index is 350. The van der Waals surface area contributed by atoms with Crippen molar-refractivity contribution < 1.29 is 24.6 Å². The summed E-state index contributed by atoms with van der Waals surface area (Å²) >= 11 is 1.03. The minimum absolute atomic E-state index is 0.0962. The van der Waals surface area contributed by atoms with Crippen LogP contribution in [0.5, 0.6) is 0 Å². The van der Waals surface area contributed by atoms with Crippen LogP contribution < -0.4 is 5.32 Å². The predicted molar refractivity (Wildman–Crippen MR) is 69.8 cm³/mol. The van der Waals surface area contributed by atoms with Crippen LogP contribution in [-0.4, -0.2) is 70.1 Å². The number of aliphatic carboxylic acids is 1. The number of hydrogen-bond donors (Lipinski definition) is 3. The summed E-state index contributed by atoms with van der Waals surface area (Å²) < 4.78 is 0. The van der Waals surface area contributed by atoms with E-state index in [0.29, 0.717) is 26.1 Å². The van der Waals surface area contributed by atoms with Gasteiger partial charge >= 0.3 is 5.97 Å². The molecule has 0 aromatic heterocycles. The van der Waals surface area contributed by atoms with Gasteiger partial charge in [0.25, 0.3) is 0 Å². The molecule has 1 aliphatic rings. The van der Waals surface area contributed by atoms with Crippen molar-refractivity contribution in [1.82, 2.24) is 10.2 Å². The molecule has 1 unspecified atom stereocenters. The van der Waals surface area contributed by atoms with E-state index in [-0.39, 0.29) is 29.7 Å². The fraction of sp³-hybridized carbons (Fsp3) is 0.727. The van der Waals surface area contributed by atoms with Crippen LogP contribution in [0.4, 0.5) is 0 Å². The maximum atomic E-state index is 11.5. The molecule has 0 aromatic carbocycles. The number of aliphatic hydroxyl groups is 1. The van der Waals surface area contributed by atoms with E-state index in [1.165, 1.54) is 0 Å². The van der Waals surface area contributed by atoms with Gasteiger partial charge in [0.1, 0.15) is 0 Å². The predicted octanol–water partition coefficient (Wildman–Crippen LogP) is -1.10. The van der Waals surface area contributed by atoms with Crippen LogP contribution in [-0.2, 0) is 14.4 Å². The summed E-state index contributed by atoms with van der Waals surface area (Å²) in [7, 11) is 0. The summed E-state index contributed by atoms with van der Waals surface area (Å²) in [4.78, 5) is 34.7. The number of nitrogens with one attached hydrogen (secondary N) is 1. The van der Waals surface area contributed by atoms with Crippen molar-refractivity contribution in [1.29, 1.82) is 0 Å². The number of carbonyl (C=O) groups excluding carboxylic acids is 2. The van der Waals surface area contributed by atoms with Crippen molar-refractivity contribution >= 4 is 29.5 Å². The van der Waals surface area contributed by atoms with Gasteiger partial charge in [-0.15, -0.1) is 11.8 Å². The van der Waals surface area contributed by atoms with Crippen molar-refractivity contribution in [2.75, 3.05) is 31.1 Å². The van der Waals surface area contributed by atoms with Gasteiger partial charge in [0, 0.05) is 19.6 Å². The van der Waals surface area contributed by atoms with Gasteiger partial charge in [0.2, 0.25) is 11.8 Å². The Balaban J connectivity index is 2.11. The third-order valence-corrected chi connectivity index (χ3v) is 3.58. The van der Waals surface area contributed by atoms with Gasteiger partial charge in [-0.1, -0.05) is 0 Å². The number of hydrogen-bond acceptors (Lipinski definition) is 5.